The highest BCUT2D eigenvalue weighted by Crippen LogP contribution is 2.23. The van der Waals surface area contributed by atoms with Crippen molar-refractivity contribution in [2.24, 2.45) is 0 Å². The maximum atomic E-state index is 10.6. The van der Waals surface area contributed by atoms with E-state index in [1.165, 1.54) is 0 Å². The van der Waals surface area contributed by atoms with Crippen molar-refractivity contribution < 1.29 is 9.90 Å². The second-order valence-corrected chi connectivity index (χ2v) is 3.51. The molecule has 1 N–H and O–H groups in total. The van der Waals surface area contributed by atoms with Gasteiger partial charge in [-0.1, -0.05) is 0 Å². The Morgan fingerprint density at radius 2 is 2.54 bits per heavy atom. The average molecular weight is 180 g/mol. The van der Waals surface area contributed by atoms with E-state index in [4.69, 9.17) is 5.11 Å². The molecule has 4 heteroatoms. The minimum absolute atomic E-state index is 0.170. The number of aryl methyl sites for hydroxylation is 1. The molecule has 13 heavy (non-hydrogen) atoms. The van der Waals surface area contributed by atoms with Crippen molar-refractivity contribution in [2.45, 2.75) is 32.2 Å². The number of hydrogen-bond donors (Lipinski definition) is 1. The molecule has 1 aromatic rings. The van der Waals surface area contributed by atoms with E-state index in [1.807, 2.05) is 4.68 Å². The molecule has 0 aromatic carbocycles. The fourth-order valence-electron chi connectivity index (χ4n) is 1.81. The largest absolute Gasteiger partial charge is 0.476 e. The minimum atomic E-state index is -0.936. The molecular formula is C9H12N2O2. The molecule has 1 aromatic heterocycles. The van der Waals surface area contributed by atoms with Crippen molar-refractivity contribution in [3.8, 4) is 0 Å². The molecule has 70 valence electrons. The number of fused-ring (bicyclic) bond motifs is 1. The van der Waals surface area contributed by atoms with Crippen molar-refractivity contribution in [1.29, 1.82) is 0 Å². The molecule has 0 saturated carbocycles. The molecule has 1 unspecified atom stereocenters. The van der Waals surface area contributed by atoms with Gasteiger partial charge in [-0.3, -0.25) is 4.68 Å². The van der Waals surface area contributed by atoms with Gasteiger partial charge in [-0.2, -0.15) is 5.10 Å². The third-order valence-corrected chi connectivity index (χ3v) is 2.50. The van der Waals surface area contributed by atoms with Gasteiger partial charge >= 0.3 is 5.97 Å². The van der Waals surface area contributed by atoms with Gasteiger partial charge in [0.15, 0.2) is 5.69 Å². The second-order valence-electron chi connectivity index (χ2n) is 3.51. The molecule has 0 fully saturated rings. The van der Waals surface area contributed by atoms with Crippen LogP contribution in [0.4, 0.5) is 0 Å². The molecule has 1 aliphatic heterocycles. The van der Waals surface area contributed by atoms with Crippen LogP contribution in [-0.4, -0.2) is 20.9 Å². The lowest BCUT2D eigenvalue weighted by Crippen LogP contribution is -2.16. The van der Waals surface area contributed by atoms with Crippen molar-refractivity contribution in [1.82, 2.24) is 9.78 Å². The smallest absolute Gasteiger partial charge is 0.356 e. The Kier molecular flexibility index (Phi) is 1.83. The Morgan fingerprint density at radius 3 is 3.15 bits per heavy atom. The molecular weight excluding hydrogens is 168 g/mol. The number of carboxylic acid groups (broad SMARTS) is 1. The summed E-state index contributed by atoms with van der Waals surface area (Å²) in [7, 11) is 0. The first-order valence-electron chi connectivity index (χ1n) is 4.50. The van der Waals surface area contributed by atoms with E-state index < -0.39 is 5.97 Å². The second kappa shape index (κ2) is 2.87. The molecule has 2 heterocycles. The lowest BCUT2D eigenvalue weighted by atomic mass is 10.0. The summed E-state index contributed by atoms with van der Waals surface area (Å²) in [6.45, 7) is 2.07. The van der Waals surface area contributed by atoms with Crippen molar-refractivity contribution >= 4 is 5.97 Å². The Labute approximate surface area is 76.2 Å². The van der Waals surface area contributed by atoms with Crippen LogP contribution < -0.4 is 0 Å². The van der Waals surface area contributed by atoms with Crippen molar-refractivity contribution in [3.05, 3.63) is 17.5 Å². The number of rotatable bonds is 1. The van der Waals surface area contributed by atoms with E-state index in [0.717, 1.165) is 25.0 Å². The topological polar surface area (TPSA) is 55.1 Å². The molecule has 1 aliphatic rings. The molecule has 0 radical (unpaired) electrons. The molecule has 0 aliphatic carbocycles. The third kappa shape index (κ3) is 1.32. The van der Waals surface area contributed by atoms with E-state index in [1.54, 1.807) is 6.07 Å². The molecule has 0 amide bonds. The lowest BCUT2D eigenvalue weighted by Gasteiger charge is -2.20. The maximum Gasteiger partial charge on any atom is 0.356 e. The fourth-order valence-corrected chi connectivity index (χ4v) is 1.81. The predicted octanol–water partition coefficient (Wildman–Crippen LogP) is 1.48. The van der Waals surface area contributed by atoms with E-state index in [-0.39, 0.29) is 5.69 Å². The Hall–Kier alpha value is -1.32. The Bertz CT molecular complexity index is 343. The number of hydrogen-bond acceptors (Lipinski definition) is 2. The van der Waals surface area contributed by atoms with Crippen LogP contribution in [0.15, 0.2) is 6.07 Å². The van der Waals surface area contributed by atoms with Crippen LogP contribution in [0.1, 0.15) is 42.0 Å². The first-order valence-corrected chi connectivity index (χ1v) is 4.50. The van der Waals surface area contributed by atoms with Crippen molar-refractivity contribution in [3.63, 3.8) is 0 Å². The lowest BCUT2D eigenvalue weighted by molar-refractivity contribution is 0.0689. The zero-order valence-corrected chi connectivity index (χ0v) is 7.53. The van der Waals surface area contributed by atoms with E-state index in [9.17, 15) is 4.79 Å². The van der Waals surface area contributed by atoms with Gasteiger partial charge in [0.1, 0.15) is 0 Å². The van der Waals surface area contributed by atoms with Crippen LogP contribution in [0.25, 0.3) is 0 Å². The first-order chi connectivity index (χ1) is 6.18. The summed E-state index contributed by atoms with van der Waals surface area (Å²) in [4.78, 5) is 10.6. The van der Waals surface area contributed by atoms with Crippen molar-refractivity contribution in [2.75, 3.05) is 0 Å². The van der Waals surface area contributed by atoms with Crippen LogP contribution in [-0.2, 0) is 6.42 Å². The zero-order chi connectivity index (χ0) is 9.42. The summed E-state index contributed by atoms with van der Waals surface area (Å²) in [5, 5.41) is 12.8. The molecule has 1 atom stereocenters. The summed E-state index contributed by atoms with van der Waals surface area (Å²) < 4.78 is 1.84. The van der Waals surface area contributed by atoms with Crippen LogP contribution >= 0.6 is 0 Å². The predicted molar refractivity (Wildman–Crippen MR) is 46.8 cm³/mol. The highest BCUT2D eigenvalue weighted by atomic mass is 16.4. The monoisotopic (exact) mass is 180 g/mol. The highest BCUT2D eigenvalue weighted by Gasteiger charge is 2.20. The molecule has 2 rings (SSSR count). The Balaban J connectivity index is 2.42. The molecule has 4 nitrogen and oxygen atoms in total. The fraction of sp³-hybridized carbons (Fsp3) is 0.556. The average Bonchev–Trinajstić information content (AvgIpc) is 2.49. The Morgan fingerprint density at radius 1 is 1.77 bits per heavy atom. The number of carboxylic acids is 1. The minimum Gasteiger partial charge on any atom is -0.476 e. The molecule has 0 saturated heterocycles. The summed E-state index contributed by atoms with van der Waals surface area (Å²) >= 11 is 0. The number of aromatic carboxylic acids is 1. The van der Waals surface area contributed by atoms with Crippen LogP contribution in [0.2, 0.25) is 0 Å². The summed E-state index contributed by atoms with van der Waals surface area (Å²) in [6.07, 6.45) is 3.17. The normalized spacial score (nSPS) is 21.2. The molecule has 0 bridgehead atoms. The van der Waals surface area contributed by atoms with Gasteiger partial charge in [-0.05, 0) is 32.3 Å². The summed E-state index contributed by atoms with van der Waals surface area (Å²) in [5.41, 5.74) is 1.22. The highest BCUT2D eigenvalue weighted by molar-refractivity contribution is 5.85. The van der Waals surface area contributed by atoms with Crippen LogP contribution in [0.5, 0.6) is 0 Å². The number of aromatic nitrogens is 2. The van der Waals surface area contributed by atoms with Gasteiger partial charge < -0.3 is 5.11 Å². The number of carbonyl (C=O) groups is 1. The van der Waals surface area contributed by atoms with Gasteiger partial charge in [-0.25, -0.2) is 4.79 Å². The quantitative estimate of drug-likeness (QED) is 0.712. The standard InChI is InChI=1S/C9H12N2O2/c1-6-3-2-4-7-5-8(9(12)13)10-11(6)7/h5-6H,2-4H2,1H3,(H,12,13). The van der Waals surface area contributed by atoms with Gasteiger partial charge in [0.05, 0.1) is 0 Å². The maximum absolute atomic E-state index is 10.6. The van der Waals surface area contributed by atoms with Crippen LogP contribution in [0.3, 0.4) is 0 Å². The van der Waals surface area contributed by atoms with E-state index in [2.05, 4.69) is 12.0 Å². The SMILES string of the molecule is CC1CCCc2cc(C(=O)O)nn21. The van der Waals surface area contributed by atoms with Gasteiger partial charge in [0.2, 0.25) is 0 Å². The van der Waals surface area contributed by atoms with Crippen LogP contribution in [0, 0.1) is 0 Å². The first kappa shape index (κ1) is 8.29. The van der Waals surface area contributed by atoms with Gasteiger partial charge in [0.25, 0.3) is 0 Å². The number of nitrogens with zero attached hydrogens (tertiary/aromatic N) is 2. The van der Waals surface area contributed by atoms with E-state index in [0.29, 0.717) is 6.04 Å². The van der Waals surface area contributed by atoms with Gasteiger partial charge in [0, 0.05) is 11.7 Å². The van der Waals surface area contributed by atoms with E-state index >= 15 is 0 Å². The third-order valence-electron chi connectivity index (χ3n) is 2.50. The summed E-state index contributed by atoms with van der Waals surface area (Å²) in [5.74, 6) is -0.936. The zero-order valence-electron chi connectivity index (χ0n) is 7.53. The molecule has 0 spiro atoms. The summed E-state index contributed by atoms with van der Waals surface area (Å²) in [6, 6.07) is 2.02. The van der Waals surface area contributed by atoms with Gasteiger partial charge in [-0.15, -0.1) is 0 Å².